The second-order valence-corrected chi connectivity index (χ2v) is 3.91. The molecule has 0 radical (unpaired) electrons. The second kappa shape index (κ2) is 3.88. The first kappa shape index (κ1) is 9.34. The minimum absolute atomic E-state index is 0.957. The molecule has 2 nitrogen and oxygen atoms in total. The zero-order chi connectivity index (χ0) is 9.97. The quantitative estimate of drug-likeness (QED) is 0.775. The van der Waals surface area contributed by atoms with Gasteiger partial charge in [0.15, 0.2) is 0 Å². The van der Waals surface area contributed by atoms with Gasteiger partial charge in [0.05, 0.1) is 5.69 Å². The third-order valence-electron chi connectivity index (χ3n) is 2.00. The Morgan fingerprint density at radius 2 is 2.14 bits per heavy atom. The summed E-state index contributed by atoms with van der Waals surface area (Å²) >= 11 is 3.42. The monoisotopic (exact) mass is 248 g/mol. The fourth-order valence-corrected chi connectivity index (χ4v) is 1.43. The number of halogens is 1. The molecule has 3 heteroatoms. The molecule has 14 heavy (non-hydrogen) atoms. The Balaban J connectivity index is 2.48. The van der Waals surface area contributed by atoms with E-state index in [2.05, 4.69) is 25.9 Å². The molecule has 0 aliphatic heterocycles. The minimum Gasteiger partial charge on any atom is -0.264 e. The van der Waals surface area contributed by atoms with Gasteiger partial charge in [0, 0.05) is 28.6 Å². The van der Waals surface area contributed by atoms with E-state index in [1.165, 1.54) is 5.56 Å². The predicted molar refractivity (Wildman–Crippen MR) is 59.9 cm³/mol. The molecule has 0 fully saturated rings. The molecule has 0 bridgehead atoms. The molecule has 2 aromatic rings. The summed E-state index contributed by atoms with van der Waals surface area (Å²) in [5.41, 5.74) is 3.18. The van der Waals surface area contributed by atoms with Crippen LogP contribution in [0.25, 0.3) is 11.3 Å². The van der Waals surface area contributed by atoms with E-state index in [0.29, 0.717) is 0 Å². The number of rotatable bonds is 1. The molecule has 0 amide bonds. The van der Waals surface area contributed by atoms with Crippen molar-refractivity contribution in [2.24, 2.45) is 0 Å². The number of hydrogen-bond acceptors (Lipinski definition) is 2. The molecule has 0 N–H and O–H groups in total. The number of pyridine rings is 2. The van der Waals surface area contributed by atoms with Crippen molar-refractivity contribution in [2.75, 3.05) is 0 Å². The van der Waals surface area contributed by atoms with Gasteiger partial charge in [0.2, 0.25) is 0 Å². The smallest absolute Gasteiger partial charge is 0.0720 e. The summed E-state index contributed by atoms with van der Waals surface area (Å²) < 4.78 is 1.03. The second-order valence-electron chi connectivity index (χ2n) is 3.06. The maximum absolute atomic E-state index is 4.32. The summed E-state index contributed by atoms with van der Waals surface area (Å²) in [7, 11) is 0. The van der Waals surface area contributed by atoms with E-state index in [1.54, 1.807) is 6.20 Å². The summed E-state index contributed by atoms with van der Waals surface area (Å²) in [5, 5.41) is 0. The van der Waals surface area contributed by atoms with Crippen molar-refractivity contribution in [3.63, 3.8) is 0 Å². The fourth-order valence-electron chi connectivity index (χ4n) is 1.21. The van der Waals surface area contributed by atoms with E-state index in [9.17, 15) is 0 Å². The number of aromatic nitrogens is 2. The normalized spacial score (nSPS) is 10.1. The van der Waals surface area contributed by atoms with E-state index in [-0.39, 0.29) is 0 Å². The topological polar surface area (TPSA) is 25.8 Å². The lowest BCUT2D eigenvalue weighted by Crippen LogP contribution is -1.86. The standard InChI is InChI=1S/C11H9BrN2/c1-8-5-11(14-7-10(8)12)9-3-2-4-13-6-9/h2-7H,1H3. The SMILES string of the molecule is Cc1cc(-c2cccnc2)ncc1Br. The molecule has 70 valence electrons. The number of nitrogens with zero attached hydrogens (tertiary/aromatic N) is 2. The van der Waals surface area contributed by atoms with Crippen molar-refractivity contribution in [1.82, 2.24) is 9.97 Å². The van der Waals surface area contributed by atoms with Crippen LogP contribution >= 0.6 is 15.9 Å². The van der Waals surface area contributed by atoms with Crippen molar-refractivity contribution < 1.29 is 0 Å². The molecule has 2 heterocycles. The van der Waals surface area contributed by atoms with Crippen LogP contribution in [-0.4, -0.2) is 9.97 Å². The van der Waals surface area contributed by atoms with E-state index < -0.39 is 0 Å². The lowest BCUT2D eigenvalue weighted by Gasteiger charge is -2.02. The average Bonchev–Trinajstić information content (AvgIpc) is 2.23. The molecular formula is C11H9BrN2. The third-order valence-corrected chi connectivity index (χ3v) is 2.83. The fraction of sp³-hybridized carbons (Fsp3) is 0.0909. The summed E-state index contributed by atoms with van der Waals surface area (Å²) in [6, 6.07) is 5.96. The van der Waals surface area contributed by atoms with Gasteiger partial charge in [0.1, 0.15) is 0 Å². The molecule has 0 spiro atoms. The van der Waals surface area contributed by atoms with E-state index in [0.717, 1.165) is 15.7 Å². The van der Waals surface area contributed by atoms with Gasteiger partial charge in [-0.3, -0.25) is 9.97 Å². The molecule has 0 aliphatic carbocycles. The minimum atomic E-state index is 0.957. The maximum Gasteiger partial charge on any atom is 0.0720 e. The molecule has 0 aliphatic rings. The van der Waals surface area contributed by atoms with Gasteiger partial charge in [0.25, 0.3) is 0 Å². The zero-order valence-corrected chi connectivity index (χ0v) is 9.32. The zero-order valence-electron chi connectivity index (χ0n) is 7.74. The molecule has 2 aromatic heterocycles. The van der Waals surface area contributed by atoms with Crippen LogP contribution in [0, 0.1) is 6.92 Å². The van der Waals surface area contributed by atoms with Crippen molar-refractivity contribution in [3.8, 4) is 11.3 Å². The van der Waals surface area contributed by atoms with Gasteiger partial charge in [-0.15, -0.1) is 0 Å². The molecule has 0 aromatic carbocycles. The van der Waals surface area contributed by atoms with Gasteiger partial charge in [-0.1, -0.05) is 0 Å². The summed E-state index contributed by atoms with van der Waals surface area (Å²) in [4.78, 5) is 8.38. The highest BCUT2D eigenvalue weighted by Gasteiger charge is 2.00. The van der Waals surface area contributed by atoms with Crippen LogP contribution in [0.3, 0.4) is 0 Å². The van der Waals surface area contributed by atoms with Crippen LogP contribution in [-0.2, 0) is 0 Å². The third kappa shape index (κ3) is 1.82. The lowest BCUT2D eigenvalue weighted by atomic mass is 10.1. The Morgan fingerprint density at radius 1 is 1.29 bits per heavy atom. The number of aryl methyl sites for hydroxylation is 1. The van der Waals surface area contributed by atoms with Gasteiger partial charge in [-0.05, 0) is 46.6 Å². The summed E-state index contributed by atoms with van der Waals surface area (Å²) in [6.45, 7) is 2.05. The summed E-state index contributed by atoms with van der Waals surface area (Å²) in [6.07, 6.45) is 5.39. The average molecular weight is 249 g/mol. The highest BCUT2D eigenvalue weighted by Crippen LogP contribution is 2.21. The molecule has 2 rings (SSSR count). The Morgan fingerprint density at radius 3 is 2.79 bits per heavy atom. The van der Waals surface area contributed by atoms with Crippen LogP contribution in [0.1, 0.15) is 5.56 Å². The lowest BCUT2D eigenvalue weighted by molar-refractivity contribution is 1.24. The van der Waals surface area contributed by atoms with Crippen LogP contribution < -0.4 is 0 Å². The van der Waals surface area contributed by atoms with Crippen molar-refractivity contribution in [3.05, 3.63) is 46.8 Å². The van der Waals surface area contributed by atoms with Crippen molar-refractivity contribution in [2.45, 2.75) is 6.92 Å². The van der Waals surface area contributed by atoms with Crippen molar-refractivity contribution in [1.29, 1.82) is 0 Å². The highest BCUT2D eigenvalue weighted by molar-refractivity contribution is 9.10. The number of hydrogen-bond donors (Lipinski definition) is 0. The van der Waals surface area contributed by atoms with E-state index >= 15 is 0 Å². The maximum atomic E-state index is 4.32. The Hall–Kier alpha value is -1.22. The molecular weight excluding hydrogens is 240 g/mol. The first-order valence-corrected chi connectivity index (χ1v) is 5.09. The predicted octanol–water partition coefficient (Wildman–Crippen LogP) is 3.21. The summed E-state index contributed by atoms with van der Waals surface area (Å²) in [5.74, 6) is 0. The molecule has 0 unspecified atom stereocenters. The van der Waals surface area contributed by atoms with Crippen molar-refractivity contribution >= 4 is 15.9 Å². The van der Waals surface area contributed by atoms with Gasteiger partial charge >= 0.3 is 0 Å². The largest absolute Gasteiger partial charge is 0.264 e. The van der Waals surface area contributed by atoms with Crippen LogP contribution in [0.4, 0.5) is 0 Å². The first-order chi connectivity index (χ1) is 6.77. The Labute approximate surface area is 91.2 Å². The molecule has 0 saturated heterocycles. The Bertz CT molecular complexity index is 440. The first-order valence-electron chi connectivity index (χ1n) is 4.30. The Kier molecular flexibility index (Phi) is 2.59. The van der Waals surface area contributed by atoms with E-state index in [4.69, 9.17) is 0 Å². The van der Waals surface area contributed by atoms with Gasteiger partial charge < -0.3 is 0 Å². The van der Waals surface area contributed by atoms with Crippen LogP contribution in [0.5, 0.6) is 0 Å². The van der Waals surface area contributed by atoms with Gasteiger partial charge in [-0.25, -0.2) is 0 Å². The highest BCUT2D eigenvalue weighted by atomic mass is 79.9. The molecule has 0 saturated carbocycles. The van der Waals surface area contributed by atoms with E-state index in [1.807, 2.05) is 37.5 Å². The molecule has 0 atom stereocenters. The van der Waals surface area contributed by atoms with Gasteiger partial charge in [-0.2, -0.15) is 0 Å². The van der Waals surface area contributed by atoms with Crippen LogP contribution in [0.15, 0.2) is 41.3 Å². The van der Waals surface area contributed by atoms with Crippen LogP contribution in [0.2, 0.25) is 0 Å².